The molecule has 1 atom stereocenters. The van der Waals surface area contributed by atoms with E-state index in [2.05, 4.69) is 10.6 Å². The predicted octanol–water partition coefficient (Wildman–Crippen LogP) is 6.96. The molecule has 0 saturated carbocycles. The second kappa shape index (κ2) is 14.2. The van der Waals surface area contributed by atoms with Gasteiger partial charge in [-0.25, -0.2) is 4.79 Å². The van der Waals surface area contributed by atoms with Crippen LogP contribution in [0.25, 0.3) is 10.8 Å². The van der Waals surface area contributed by atoms with Crippen LogP contribution in [-0.2, 0) is 16.0 Å². The highest BCUT2D eigenvalue weighted by Gasteiger charge is 2.22. The molecule has 0 radical (unpaired) electrons. The molecule has 0 heterocycles. The fraction of sp³-hybridized carbons (Fsp3) is 0.162. The summed E-state index contributed by atoms with van der Waals surface area (Å²) >= 11 is 0. The molecule has 1 unspecified atom stereocenters. The maximum Gasteiger partial charge on any atom is 0.328 e. The molecular weight excluding hydrogens is 552 g/mol. The van der Waals surface area contributed by atoms with E-state index in [0.29, 0.717) is 47.7 Å². The van der Waals surface area contributed by atoms with E-state index in [1.807, 2.05) is 84.9 Å². The first kappa shape index (κ1) is 30.0. The Bertz CT molecular complexity index is 1770. The summed E-state index contributed by atoms with van der Waals surface area (Å²) in [5.74, 6) is 0.116. The number of ketones is 2. The summed E-state index contributed by atoms with van der Waals surface area (Å²) in [4.78, 5) is 38.2. The van der Waals surface area contributed by atoms with Crippen LogP contribution in [0.1, 0.15) is 38.8 Å². The third-order valence-corrected chi connectivity index (χ3v) is 7.37. The van der Waals surface area contributed by atoms with Crippen molar-refractivity contribution in [2.45, 2.75) is 19.4 Å². The zero-order valence-electron chi connectivity index (χ0n) is 24.7. The van der Waals surface area contributed by atoms with E-state index in [1.165, 1.54) is 7.11 Å². The number of benzene rings is 5. The highest BCUT2D eigenvalue weighted by Crippen LogP contribution is 2.28. The second-order valence-corrected chi connectivity index (χ2v) is 10.3. The van der Waals surface area contributed by atoms with Crippen molar-refractivity contribution in [2.75, 3.05) is 30.9 Å². The summed E-state index contributed by atoms with van der Waals surface area (Å²) in [6.45, 7) is 2.46. The van der Waals surface area contributed by atoms with Gasteiger partial charge in [-0.1, -0.05) is 84.9 Å². The highest BCUT2D eigenvalue weighted by atomic mass is 16.5. The Hall–Kier alpha value is -5.43. The van der Waals surface area contributed by atoms with E-state index in [9.17, 15) is 14.4 Å². The molecule has 5 aromatic rings. The molecule has 0 amide bonds. The van der Waals surface area contributed by atoms with Gasteiger partial charge in [-0.2, -0.15) is 0 Å². The molecule has 0 bridgehead atoms. The number of carbonyl (C=O) groups is 3. The number of fused-ring (bicyclic) bond motifs is 1. The van der Waals surface area contributed by atoms with Crippen molar-refractivity contribution in [1.82, 2.24) is 0 Å². The first-order chi connectivity index (χ1) is 21.4. The molecule has 5 aromatic carbocycles. The standard InChI is InChI=1S/C37H34N2O5/c1-25(40)30-21-18-27-10-6-7-13-31(27)35(30)38-22-23-44-29-19-16-26(17-20-29)24-34(37(42)43-2)39-33-15-9-8-14-32(33)36(41)28-11-4-3-5-12-28/h3-21,34,38-39H,22-24H2,1-2H3. The predicted molar refractivity (Wildman–Crippen MR) is 174 cm³/mol. The Morgan fingerprint density at radius 1 is 0.750 bits per heavy atom. The van der Waals surface area contributed by atoms with Gasteiger partial charge in [0.25, 0.3) is 0 Å². The number of rotatable bonds is 13. The van der Waals surface area contributed by atoms with Crippen molar-refractivity contribution in [2.24, 2.45) is 0 Å². The normalized spacial score (nSPS) is 11.4. The maximum atomic E-state index is 13.2. The number of ether oxygens (including phenoxy) is 2. The molecule has 0 saturated heterocycles. The number of carbonyl (C=O) groups excluding carboxylic acids is 3. The SMILES string of the molecule is COC(=O)C(Cc1ccc(OCCNc2c(C(C)=O)ccc3ccccc23)cc1)Nc1ccccc1C(=O)c1ccccc1. The molecule has 0 aliphatic carbocycles. The van der Waals surface area contributed by atoms with Crippen LogP contribution in [-0.4, -0.2) is 43.8 Å². The van der Waals surface area contributed by atoms with Gasteiger partial charge in [-0.3, -0.25) is 9.59 Å². The number of Topliss-reactive ketones (excluding diaryl/α,β-unsaturated/α-hetero) is 1. The van der Waals surface area contributed by atoms with Crippen LogP contribution in [0.3, 0.4) is 0 Å². The lowest BCUT2D eigenvalue weighted by Gasteiger charge is -2.20. The van der Waals surface area contributed by atoms with Crippen molar-refractivity contribution in [3.05, 3.63) is 138 Å². The van der Waals surface area contributed by atoms with E-state index >= 15 is 0 Å². The molecule has 0 fully saturated rings. The van der Waals surface area contributed by atoms with E-state index < -0.39 is 12.0 Å². The van der Waals surface area contributed by atoms with Gasteiger partial charge in [0.15, 0.2) is 11.6 Å². The summed E-state index contributed by atoms with van der Waals surface area (Å²) in [5, 5.41) is 8.67. The lowest BCUT2D eigenvalue weighted by Crippen LogP contribution is -2.33. The summed E-state index contributed by atoms with van der Waals surface area (Å²) in [7, 11) is 1.35. The number of anilines is 2. The van der Waals surface area contributed by atoms with Crippen LogP contribution >= 0.6 is 0 Å². The molecule has 2 N–H and O–H groups in total. The molecule has 44 heavy (non-hydrogen) atoms. The van der Waals surface area contributed by atoms with Gasteiger partial charge in [0.2, 0.25) is 0 Å². The number of esters is 1. The smallest absolute Gasteiger partial charge is 0.328 e. The number of nitrogens with one attached hydrogen (secondary N) is 2. The van der Waals surface area contributed by atoms with Crippen LogP contribution in [0.5, 0.6) is 5.75 Å². The van der Waals surface area contributed by atoms with Crippen LogP contribution in [0.2, 0.25) is 0 Å². The van der Waals surface area contributed by atoms with Crippen molar-refractivity contribution in [3.63, 3.8) is 0 Å². The third kappa shape index (κ3) is 7.13. The molecule has 0 aliphatic rings. The summed E-state index contributed by atoms with van der Waals surface area (Å²) in [5.41, 5.74) is 3.95. The monoisotopic (exact) mass is 586 g/mol. The largest absolute Gasteiger partial charge is 0.492 e. The van der Waals surface area contributed by atoms with E-state index in [1.54, 1.807) is 37.3 Å². The van der Waals surface area contributed by atoms with Gasteiger partial charge in [-0.15, -0.1) is 0 Å². The molecule has 0 spiro atoms. The van der Waals surface area contributed by atoms with Crippen LogP contribution < -0.4 is 15.4 Å². The fourth-order valence-corrected chi connectivity index (χ4v) is 5.13. The van der Waals surface area contributed by atoms with Crippen molar-refractivity contribution < 1.29 is 23.9 Å². The maximum absolute atomic E-state index is 13.2. The quantitative estimate of drug-likeness (QED) is 0.0875. The highest BCUT2D eigenvalue weighted by molar-refractivity contribution is 6.12. The van der Waals surface area contributed by atoms with Crippen molar-refractivity contribution in [1.29, 1.82) is 0 Å². The average Bonchev–Trinajstić information content (AvgIpc) is 3.06. The molecule has 5 rings (SSSR count). The minimum absolute atomic E-state index is 0.000732. The van der Waals surface area contributed by atoms with E-state index in [-0.39, 0.29) is 11.6 Å². The van der Waals surface area contributed by atoms with Crippen LogP contribution in [0.4, 0.5) is 11.4 Å². The van der Waals surface area contributed by atoms with Crippen LogP contribution in [0, 0.1) is 0 Å². The van der Waals surface area contributed by atoms with Gasteiger partial charge >= 0.3 is 5.97 Å². The zero-order valence-corrected chi connectivity index (χ0v) is 24.7. The van der Waals surface area contributed by atoms with E-state index in [0.717, 1.165) is 22.0 Å². The number of para-hydroxylation sites is 1. The first-order valence-electron chi connectivity index (χ1n) is 14.5. The van der Waals surface area contributed by atoms with Gasteiger partial charge < -0.3 is 20.1 Å². The number of hydrogen-bond acceptors (Lipinski definition) is 7. The Morgan fingerprint density at radius 3 is 2.20 bits per heavy atom. The minimum Gasteiger partial charge on any atom is -0.492 e. The van der Waals surface area contributed by atoms with E-state index in [4.69, 9.17) is 9.47 Å². The summed E-state index contributed by atoms with van der Waals surface area (Å²) in [6.07, 6.45) is 0.345. The van der Waals surface area contributed by atoms with Gasteiger partial charge in [-0.05, 0) is 48.2 Å². The van der Waals surface area contributed by atoms with Crippen molar-refractivity contribution >= 4 is 39.7 Å². The molecule has 7 heteroatoms. The molecule has 0 aliphatic heterocycles. The second-order valence-electron chi connectivity index (χ2n) is 10.3. The average molecular weight is 587 g/mol. The zero-order chi connectivity index (χ0) is 30.9. The number of methoxy groups -OCH3 is 1. The van der Waals surface area contributed by atoms with Gasteiger partial charge in [0, 0.05) is 40.7 Å². The minimum atomic E-state index is -0.711. The summed E-state index contributed by atoms with van der Waals surface area (Å²) in [6, 6.07) is 34.7. The molecule has 0 aromatic heterocycles. The lowest BCUT2D eigenvalue weighted by atomic mass is 10.00. The van der Waals surface area contributed by atoms with Crippen molar-refractivity contribution in [3.8, 4) is 5.75 Å². The Kier molecular flexibility index (Phi) is 9.67. The lowest BCUT2D eigenvalue weighted by molar-refractivity contribution is -0.141. The molecule has 7 nitrogen and oxygen atoms in total. The van der Waals surface area contributed by atoms with Gasteiger partial charge in [0.1, 0.15) is 18.4 Å². The van der Waals surface area contributed by atoms with Crippen LogP contribution in [0.15, 0.2) is 115 Å². The number of hydrogen-bond donors (Lipinski definition) is 2. The summed E-state index contributed by atoms with van der Waals surface area (Å²) < 4.78 is 11.0. The molecule has 222 valence electrons. The first-order valence-corrected chi connectivity index (χ1v) is 14.5. The Balaban J connectivity index is 1.22. The topological polar surface area (TPSA) is 93.7 Å². The third-order valence-electron chi connectivity index (χ3n) is 7.37. The fourth-order valence-electron chi connectivity index (χ4n) is 5.13. The Labute approximate surface area is 256 Å². The Morgan fingerprint density at radius 2 is 1.45 bits per heavy atom. The van der Waals surface area contributed by atoms with Gasteiger partial charge in [0.05, 0.1) is 12.8 Å². The molecular formula is C37H34N2O5.